The highest BCUT2D eigenvalue weighted by atomic mass is 79.9. The first-order valence-electron chi connectivity index (χ1n) is 5.74. The number of nitrogens with one attached hydrogen (secondary N) is 1. The Morgan fingerprint density at radius 2 is 1.89 bits per heavy atom. The molecule has 4 nitrogen and oxygen atoms in total. The first-order valence-corrected chi connectivity index (χ1v) is 6.53. The third-order valence-corrected chi connectivity index (χ3v) is 3.50. The van der Waals surface area contributed by atoms with Crippen molar-refractivity contribution in [2.45, 2.75) is 0 Å². The van der Waals surface area contributed by atoms with Gasteiger partial charge in [-0.25, -0.2) is 4.79 Å². The van der Waals surface area contributed by atoms with E-state index in [4.69, 9.17) is 4.74 Å². The van der Waals surface area contributed by atoms with Crippen LogP contribution in [-0.2, 0) is 0 Å². The molecule has 0 amide bonds. The summed E-state index contributed by atoms with van der Waals surface area (Å²) in [4.78, 5) is 14.9. The van der Waals surface area contributed by atoms with Crippen molar-refractivity contribution >= 4 is 27.0 Å². The first-order chi connectivity index (χ1) is 9.19. The molecule has 2 aromatic carbocycles. The van der Waals surface area contributed by atoms with E-state index in [1.807, 2.05) is 42.5 Å². The van der Waals surface area contributed by atoms with E-state index < -0.39 is 0 Å². The summed E-state index contributed by atoms with van der Waals surface area (Å²) >= 11 is 3.38. The van der Waals surface area contributed by atoms with Crippen molar-refractivity contribution in [1.82, 2.24) is 9.55 Å². The third-order valence-electron chi connectivity index (χ3n) is 2.97. The number of halogens is 1. The molecule has 0 saturated carbocycles. The second-order valence-corrected chi connectivity index (χ2v) is 5.04. The molecule has 3 aromatic rings. The monoisotopic (exact) mass is 318 g/mol. The summed E-state index contributed by atoms with van der Waals surface area (Å²) in [5.74, 6) is 0.719. The summed E-state index contributed by atoms with van der Waals surface area (Å²) in [6.07, 6.45) is 0. The number of aromatic nitrogens is 2. The maximum atomic E-state index is 12.1. The van der Waals surface area contributed by atoms with E-state index in [1.165, 1.54) is 0 Å². The van der Waals surface area contributed by atoms with E-state index in [-0.39, 0.29) is 5.69 Å². The van der Waals surface area contributed by atoms with Crippen LogP contribution in [0.1, 0.15) is 0 Å². The molecule has 0 aliphatic carbocycles. The largest absolute Gasteiger partial charge is 0.497 e. The van der Waals surface area contributed by atoms with Gasteiger partial charge in [-0.05, 0) is 36.4 Å². The number of nitrogens with zero attached hydrogens (tertiary/aromatic N) is 1. The van der Waals surface area contributed by atoms with Crippen LogP contribution in [0, 0.1) is 0 Å². The fraction of sp³-hybridized carbons (Fsp3) is 0.0714. The molecular formula is C14H11BrN2O2. The highest BCUT2D eigenvalue weighted by Crippen LogP contribution is 2.21. The lowest BCUT2D eigenvalue weighted by Crippen LogP contribution is -2.14. The van der Waals surface area contributed by atoms with Crippen molar-refractivity contribution < 1.29 is 4.74 Å². The van der Waals surface area contributed by atoms with E-state index in [0.717, 1.165) is 26.9 Å². The zero-order chi connectivity index (χ0) is 13.4. The van der Waals surface area contributed by atoms with Crippen LogP contribution in [-0.4, -0.2) is 16.7 Å². The van der Waals surface area contributed by atoms with Crippen LogP contribution < -0.4 is 10.4 Å². The average Bonchev–Trinajstić information content (AvgIpc) is 2.74. The van der Waals surface area contributed by atoms with Crippen LogP contribution >= 0.6 is 15.9 Å². The van der Waals surface area contributed by atoms with Gasteiger partial charge in [0, 0.05) is 10.5 Å². The van der Waals surface area contributed by atoms with Gasteiger partial charge in [-0.15, -0.1) is 0 Å². The van der Waals surface area contributed by atoms with Crippen molar-refractivity contribution in [2.75, 3.05) is 7.11 Å². The molecule has 0 fully saturated rings. The number of hydrogen-bond donors (Lipinski definition) is 1. The number of fused-ring (bicyclic) bond motifs is 1. The van der Waals surface area contributed by atoms with Crippen LogP contribution in [0.5, 0.6) is 5.75 Å². The Morgan fingerprint density at radius 1 is 1.16 bits per heavy atom. The van der Waals surface area contributed by atoms with Crippen LogP contribution in [0.2, 0.25) is 0 Å². The Kier molecular flexibility index (Phi) is 2.91. The standard InChI is InChI=1S/C14H11BrN2O2/c1-19-11-6-7-13-12(8-11)16-14(18)17(13)10-4-2-9(15)3-5-10/h2-8H,1H3,(H,16,18). The number of rotatable bonds is 2. The summed E-state index contributed by atoms with van der Waals surface area (Å²) < 4.78 is 7.77. The fourth-order valence-electron chi connectivity index (χ4n) is 2.06. The topological polar surface area (TPSA) is 47.0 Å². The van der Waals surface area contributed by atoms with Gasteiger partial charge in [0.05, 0.1) is 23.8 Å². The van der Waals surface area contributed by atoms with Crippen molar-refractivity contribution in [3.8, 4) is 11.4 Å². The van der Waals surface area contributed by atoms with Gasteiger partial charge in [0.1, 0.15) is 5.75 Å². The number of methoxy groups -OCH3 is 1. The number of hydrogen-bond acceptors (Lipinski definition) is 2. The number of imidazole rings is 1. The third kappa shape index (κ3) is 2.06. The van der Waals surface area contributed by atoms with Crippen molar-refractivity contribution in [2.24, 2.45) is 0 Å². The van der Waals surface area contributed by atoms with Gasteiger partial charge >= 0.3 is 5.69 Å². The number of benzene rings is 2. The molecule has 19 heavy (non-hydrogen) atoms. The Balaban J connectivity index is 2.26. The zero-order valence-electron chi connectivity index (χ0n) is 10.2. The highest BCUT2D eigenvalue weighted by Gasteiger charge is 2.09. The minimum absolute atomic E-state index is 0.162. The van der Waals surface area contributed by atoms with Crippen molar-refractivity contribution in [3.05, 3.63) is 57.4 Å². The number of H-pyrrole nitrogens is 1. The molecule has 1 aromatic heterocycles. The Bertz CT molecular complexity index is 787. The highest BCUT2D eigenvalue weighted by molar-refractivity contribution is 9.10. The van der Waals surface area contributed by atoms with Gasteiger partial charge in [0.25, 0.3) is 0 Å². The van der Waals surface area contributed by atoms with Gasteiger partial charge in [0.15, 0.2) is 0 Å². The molecular weight excluding hydrogens is 308 g/mol. The Labute approximate surface area is 117 Å². The molecule has 0 unspecified atom stereocenters. The Hall–Kier alpha value is -2.01. The van der Waals surface area contributed by atoms with Crippen LogP contribution in [0.3, 0.4) is 0 Å². The first kappa shape index (κ1) is 12.0. The lowest BCUT2D eigenvalue weighted by Gasteiger charge is -2.04. The normalized spacial score (nSPS) is 10.8. The van der Waals surface area contributed by atoms with Crippen LogP contribution in [0.4, 0.5) is 0 Å². The minimum Gasteiger partial charge on any atom is -0.497 e. The summed E-state index contributed by atoms with van der Waals surface area (Å²) in [7, 11) is 1.60. The second-order valence-electron chi connectivity index (χ2n) is 4.13. The summed E-state index contributed by atoms with van der Waals surface area (Å²) in [5.41, 5.74) is 2.25. The van der Waals surface area contributed by atoms with Crippen LogP contribution in [0.25, 0.3) is 16.7 Å². The van der Waals surface area contributed by atoms with Gasteiger partial charge in [-0.2, -0.15) is 0 Å². The number of ether oxygens (including phenoxy) is 1. The molecule has 0 aliphatic rings. The molecule has 1 heterocycles. The predicted molar refractivity (Wildman–Crippen MR) is 78.1 cm³/mol. The quantitative estimate of drug-likeness (QED) is 0.789. The molecule has 5 heteroatoms. The fourth-order valence-corrected chi connectivity index (χ4v) is 2.33. The minimum atomic E-state index is -0.162. The van der Waals surface area contributed by atoms with E-state index in [2.05, 4.69) is 20.9 Å². The van der Waals surface area contributed by atoms with E-state index >= 15 is 0 Å². The second kappa shape index (κ2) is 4.59. The maximum absolute atomic E-state index is 12.1. The summed E-state index contributed by atoms with van der Waals surface area (Å²) in [5, 5.41) is 0. The average molecular weight is 319 g/mol. The maximum Gasteiger partial charge on any atom is 0.331 e. The SMILES string of the molecule is COc1ccc2c(c1)[nH]c(=O)n2-c1ccc(Br)cc1. The molecule has 3 rings (SSSR count). The summed E-state index contributed by atoms with van der Waals surface area (Å²) in [6, 6.07) is 13.1. The molecule has 96 valence electrons. The van der Waals surface area contributed by atoms with Crippen molar-refractivity contribution in [3.63, 3.8) is 0 Å². The van der Waals surface area contributed by atoms with Gasteiger partial charge in [-0.1, -0.05) is 15.9 Å². The predicted octanol–water partition coefficient (Wildman–Crippen LogP) is 3.09. The lowest BCUT2D eigenvalue weighted by molar-refractivity contribution is 0.415. The van der Waals surface area contributed by atoms with E-state index in [9.17, 15) is 4.79 Å². The van der Waals surface area contributed by atoms with Crippen LogP contribution in [0.15, 0.2) is 51.7 Å². The van der Waals surface area contributed by atoms with E-state index in [0.29, 0.717) is 0 Å². The summed E-state index contributed by atoms with van der Waals surface area (Å²) in [6.45, 7) is 0. The van der Waals surface area contributed by atoms with E-state index in [1.54, 1.807) is 11.7 Å². The van der Waals surface area contributed by atoms with Crippen molar-refractivity contribution in [1.29, 1.82) is 0 Å². The van der Waals surface area contributed by atoms with Gasteiger partial charge in [0.2, 0.25) is 0 Å². The molecule has 0 radical (unpaired) electrons. The van der Waals surface area contributed by atoms with Gasteiger partial charge < -0.3 is 9.72 Å². The molecule has 0 saturated heterocycles. The number of aromatic amines is 1. The molecule has 1 N–H and O–H groups in total. The smallest absolute Gasteiger partial charge is 0.331 e. The Morgan fingerprint density at radius 3 is 2.58 bits per heavy atom. The van der Waals surface area contributed by atoms with Gasteiger partial charge in [-0.3, -0.25) is 4.57 Å². The zero-order valence-corrected chi connectivity index (χ0v) is 11.8. The molecule has 0 aliphatic heterocycles. The molecule has 0 bridgehead atoms. The lowest BCUT2D eigenvalue weighted by atomic mass is 10.2. The molecule has 0 spiro atoms. The molecule has 0 atom stereocenters.